The minimum atomic E-state index is -2.24. The molecule has 0 bridgehead atoms. The Morgan fingerprint density at radius 3 is 1.80 bits per heavy atom. The molecular formula is C22H16Br2O4S2. The summed E-state index contributed by atoms with van der Waals surface area (Å²) in [6, 6.07) is 18.6. The van der Waals surface area contributed by atoms with E-state index in [2.05, 4.69) is 31.9 Å². The van der Waals surface area contributed by atoms with Gasteiger partial charge >= 0.3 is 0 Å². The highest BCUT2D eigenvalue weighted by Gasteiger charge is 2.22. The molecule has 30 heavy (non-hydrogen) atoms. The molecule has 0 radical (unpaired) electrons. The van der Waals surface area contributed by atoms with Crippen molar-refractivity contribution in [3.8, 4) is 11.1 Å². The first-order valence-electron chi connectivity index (χ1n) is 9.01. The average Bonchev–Trinajstić information content (AvgIpc) is 2.71. The van der Waals surface area contributed by atoms with Crippen molar-refractivity contribution in [3.63, 3.8) is 0 Å². The Kier molecular flexibility index (Phi) is 6.53. The van der Waals surface area contributed by atoms with E-state index in [1.807, 2.05) is 48.5 Å². The van der Waals surface area contributed by atoms with Gasteiger partial charge in [0, 0.05) is 20.1 Å². The average molecular weight is 568 g/mol. The number of hydrogen-bond donors (Lipinski definition) is 1. The fraction of sp³-hybridized carbons (Fsp3) is 0.0909. The first-order chi connectivity index (χ1) is 14.4. The molecule has 0 spiro atoms. The minimum absolute atomic E-state index is 0.259. The summed E-state index contributed by atoms with van der Waals surface area (Å²) in [6.07, 6.45) is 0. The summed E-state index contributed by atoms with van der Waals surface area (Å²) < 4.78 is 42.5. The second-order valence-electron chi connectivity index (χ2n) is 6.50. The standard InChI is InChI=1S/C22H16Br2O4S2/c1-2-28-30(27)20-10-4-14-12-16(24)6-8-18(14)22(20)21-17-7-5-15(23)11-13(17)3-9-19(21)29(25)26/h3-12H,2H2,1H3,(H,25,26). The van der Waals surface area contributed by atoms with Crippen molar-refractivity contribution in [3.05, 3.63) is 69.6 Å². The lowest BCUT2D eigenvalue weighted by Gasteiger charge is -2.17. The minimum Gasteiger partial charge on any atom is -0.302 e. The molecule has 0 amide bonds. The van der Waals surface area contributed by atoms with Crippen molar-refractivity contribution in [2.45, 2.75) is 16.7 Å². The van der Waals surface area contributed by atoms with Gasteiger partial charge in [-0.1, -0.05) is 56.1 Å². The normalized spacial score (nSPS) is 13.6. The molecule has 0 aliphatic rings. The summed E-state index contributed by atoms with van der Waals surface area (Å²) in [6.45, 7) is 2.06. The van der Waals surface area contributed by atoms with Crippen LogP contribution in [-0.4, -0.2) is 19.6 Å². The first kappa shape index (κ1) is 21.8. The molecule has 0 fully saturated rings. The third-order valence-electron chi connectivity index (χ3n) is 4.73. The van der Waals surface area contributed by atoms with E-state index in [4.69, 9.17) is 4.18 Å². The maximum absolute atomic E-state index is 13.0. The topological polar surface area (TPSA) is 63.6 Å². The van der Waals surface area contributed by atoms with Crippen LogP contribution in [0, 0.1) is 0 Å². The van der Waals surface area contributed by atoms with E-state index < -0.39 is 22.2 Å². The van der Waals surface area contributed by atoms with Crippen molar-refractivity contribution in [2.24, 2.45) is 0 Å². The van der Waals surface area contributed by atoms with Gasteiger partial charge in [-0.25, -0.2) is 8.42 Å². The van der Waals surface area contributed by atoms with Crippen LogP contribution in [0.25, 0.3) is 32.7 Å². The van der Waals surface area contributed by atoms with E-state index in [1.54, 1.807) is 19.1 Å². The highest BCUT2D eigenvalue weighted by atomic mass is 79.9. The Morgan fingerprint density at radius 2 is 1.30 bits per heavy atom. The summed E-state index contributed by atoms with van der Waals surface area (Å²) in [5.74, 6) is 0. The number of rotatable bonds is 5. The molecule has 2 unspecified atom stereocenters. The van der Waals surface area contributed by atoms with Crippen LogP contribution < -0.4 is 0 Å². The highest BCUT2D eigenvalue weighted by Crippen LogP contribution is 2.42. The largest absolute Gasteiger partial charge is 0.302 e. The molecule has 0 aromatic heterocycles. The maximum Gasteiger partial charge on any atom is 0.189 e. The summed E-state index contributed by atoms with van der Waals surface area (Å²) in [5.41, 5.74) is 1.22. The van der Waals surface area contributed by atoms with Crippen molar-refractivity contribution in [1.82, 2.24) is 0 Å². The molecule has 4 rings (SSSR count). The predicted octanol–water partition coefficient (Wildman–Crippen LogP) is 6.82. The van der Waals surface area contributed by atoms with Gasteiger partial charge in [0.1, 0.15) is 0 Å². The number of halogens is 2. The molecule has 1 N–H and O–H groups in total. The molecule has 0 saturated carbocycles. The van der Waals surface area contributed by atoms with Gasteiger partial charge in [-0.15, -0.1) is 0 Å². The Bertz CT molecular complexity index is 1340. The molecule has 4 aromatic rings. The van der Waals surface area contributed by atoms with E-state index >= 15 is 0 Å². The molecule has 8 heteroatoms. The Balaban J connectivity index is 2.21. The van der Waals surface area contributed by atoms with Crippen LogP contribution in [0.2, 0.25) is 0 Å². The fourth-order valence-corrected chi connectivity index (χ4v) is 5.76. The SMILES string of the molecule is CCOS(=O)c1ccc2cc(Br)ccc2c1-c1c(S(=O)O)ccc2cc(Br)ccc12. The summed E-state index contributed by atoms with van der Waals surface area (Å²) in [5, 5.41) is 3.44. The van der Waals surface area contributed by atoms with Crippen LogP contribution in [0.15, 0.2) is 79.4 Å². The molecule has 2 atom stereocenters. The third kappa shape index (κ3) is 4.04. The Labute approximate surface area is 195 Å². The molecule has 0 heterocycles. The number of fused-ring (bicyclic) bond motifs is 2. The van der Waals surface area contributed by atoms with Crippen LogP contribution in [0.1, 0.15) is 6.92 Å². The molecule has 4 nitrogen and oxygen atoms in total. The zero-order valence-electron chi connectivity index (χ0n) is 15.7. The quantitative estimate of drug-likeness (QED) is 0.269. The van der Waals surface area contributed by atoms with Crippen LogP contribution in [-0.2, 0) is 26.3 Å². The molecule has 154 valence electrons. The van der Waals surface area contributed by atoms with Gasteiger partial charge in [0.2, 0.25) is 0 Å². The maximum atomic E-state index is 13.0. The van der Waals surface area contributed by atoms with Crippen LogP contribution in [0.5, 0.6) is 0 Å². The van der Waals surface area contributed by atoms with Gasteiger partial charge in [0.05, 0.1) is 16.4 Å². The van der Waals surface area contributed by atoms with Crippen molar-refractivity contribution < 1.29 is 17.2 Å². The lowest BCUT2D eigenvalue weighted by Crippen LogP contribution is -2.03. The lowest BCUT2D eigenvalue weighted by molar-refractivity contribution is 0.372. The van der Waals surface area contributed by atoms with Crippen LogP contribution in [0.4, 0.5) is 0 Å². The Morgan fingerprint density at radius 1 is 0.800 bits per heavy atom. The summed E-state index contributed by atoms with van der Waals surface area (Å²) in [7, 11) is 0. The molecule has 0 aliphatic carbocycles. The zero-order valence-corrected chi connectivity index (χ0v) is 20.5. The number of benzene rings is 4. The third-order valence-corrected chi connectivity index (χ3v) is 7.58. The van der Waals surface area contributed by atoms with Gasteiger partial charge in [0.25, 0.3) is 0 Å². The molecule has 0 saturated heterocycles. The highest BCUT2D eigenvalue weighted by molar-refractivity contribution is 9.10. The number of hydrogen-bond acceptors (Lipinski definition) is 3. The second-order valence-corrected chi connectivity index (χ2v) is 10.4. The summed E-state index contributed by atoms with van der Waals surface area (Å²) in [4.78, 5) is 0.726. The van der Waals surface area contributed by atoms with E-state index in [0.717, 1.165) is 30.5 Å². The molecular weight excluding hydrogens is 552 g/mol. The van der Waals surface area contributed by atoms with Crippen LogP contribution in [0.3, 0.4) is 0 Å². The fourth-order valence-electron chi connectivity index (χ4n) is 3.53. The van der Waals surface area contributed by atoms with E-state index in [1.165, 1.54) is 0 Å². The van der Waals surface area contributed by atoms with E-state index in [-0.39, 0.29) is 11.5 Å². The molecule has 0 aliphatic heterocycles. The van der Waals surface area contributed by atoms with E-state index in [9.17, 15) is 13.0 Å². The second kappa shape index (κ2) is 8.98. The van der Waals surface area contributed by atoms with Crippen molar-refractivity contribution >= 4 is 75.6 Å². The smallest absolute Gasteiger partial charge is 0.189 e. The van der Waals surface area contributed by atoms with Gasteiger partial charge < -0.3 is 4.55 Å². The van der Waals surface area contributed by atoms with Gasteiger partial charge in [-0.3, -0.25) is 4.18 Å². The Hall–Kier alpha value is -1.42. The van der Waals surface area contributed by atoms with Gasteiger partial charge in [-0.05, 0) is 64.9 Å². The van der Waals surface area contributed by atoms with Gasteiger partial charge in [0.15, 0.2) is 22.2 Å². The summed E-state index contributed by atoms with van der Waals surface area (Å²) >= 11 is 3.01. The van der Waals surface area contributed by atoms with Crippen LogP contribution >= 0.6 is 31.9 Å². The first-order valence-corrected chi connectivity index (χ1v) is 12.8. The zero-order chi connectivity index (χ0) is 21.4. The predicted molar refractivity (Wildman–Crippen MR) is 129 cm³/mol. The van der Waals surface area contributed by atoms with Crippen molar-refractivity contribution in [1.29, 1.82) is 0 Å². The monoisotopic (exact) mass is 566 g/mol. The van der Waals surface area contributed by atoms with Gasteiger partial charge in [-0.2, -0.15) is 0 Å². The van der Waals surface area contributed by atoms with Crippen molar-refractivity contribution in [2.75, 3.05) is 6.61 Å². The lowest BCUT2D eigenvalue weighted by atomic mass is 9.94. The molecule has 4 aromatic carbocycles. The van der Waals surface area contributed by atoms with E-state index in [0.29, 0.717) is 16.0 Å².